The molecular formula is C13H23N3S. The molecule has 0 radical (unpaired) electrons. The van der Waals surface area contributed by atoms with E-state index in [2.05, 4.69) is 41.3 Å². The van der Waals surface area contributed by atoms with Crippen LogP contribution >= 0.6 is 11.8 Å². The van der Waals surface area contributed by atoms with Gasteiger partial charge in [0.05, 0.1) is 6.54 Å². The van der Waals surface area contributed by atoms with Crippen molar-refractivity contribution in [3.8, 4) is 0 Å². The second-order valence-electron chi connectivity index (χ2n) is 3.91. The van der Waals surface area contributed by atoms with E-state index in [4.69, 9.17) is 0 Å². The second kappa shape index (κ2) is 9.16. The number of hydrogen-bond donors (Lipinski definition) is 2. The largest absolute Gasteiger partial charge is 0.357 e. The van der Waals surface area contributed by atoms with Crippen LogP contribution in [0.4, 0.5) is 0 Å². The van der Waals surface area contributed by atoms with E-state index in [0.29, 0.717) is 6.04 Å². The summed E-state index contributed by atoms with van der Waals surface area (Å²) in [4.78, 5) is 4.56. The van der Waals surface area contributed by atoms with E-state index in [-0.39, 0.29) is 0 Å². The minimum Gasteiger partial charge on any atom is -0.357 e. The van der Waals surface area contributed by atoms with Crippen molar-refractivity contribution in [1.29, 1.82) is 0 Å². The molecule has 1 rings (SSSR count). The van der Waals surface area contributed by atoms with Crippen molar-refractivity contribution in [2.45, 2.75) is 25.8 Å². The second-order valence-corrected chi connectivity index (χ2v) is 5.06. The molecule has 0 saturated heterocycles. The third-order valence-electron chi connectivity index (χ3n) is 2.43. The van der Waals surface area contributed by atoms with Gasteiger partial charge in [-0.3, -0.25) is 4.99 Å². The molecule has 0 fully saturated rings. The molecule has 0 heterocycles. The maximum absolute atomic E-state index is 4.56. The Bertz CT molecular complexity index is 266. The van der Waals surface area contributed by atoms with Crippen molar-refractivity contribution < 1.29 is 0 Å². The van der Waals surface area contributed by atoms with Gasteiger partial charge in [-0.1, -0.05) is 18.2 Å². The first kappa shape index (κ1) is 14.2. The van der Waals surface area contributed by atoms with Gasteiger partial charge < -0.3 is 10.6 Å². The lowest BCUT2D eigenvalue weighted by molar-refractivity contribution is 0.634. The van der Waals surface area contributed by atoms with Crippen molar-refractivity contribution >= 4 is 17.7 Å². The highest BCUT2D eigenvalue weighted by Crippen LogP contribution is 2.08. The Morgan fingerprint density at radius 1 is 1.53 bits per heavy atom. The van der Waals surface area contributed by atoms with Gasteiger partial charge in [-0.2, -0.15) is 11.8 Å². The average Bonchev–Trinajstić information content (AvgIpc) is 2.82. The number of hydrogen-bond acceptors (Lipinski definition) is 2. The summed E-state index contributed by atoms with van der Waals surface area (Å²) in [5.41, 5.74) is 0. The summed E-state index contributed by atoms with van der Waals surface area (Å²) in [6.45, 7) is 7.56. The van der Waals surface area contributed by atoms with Crippen LogP contribution in [0.1, 0.15) is 19.8 Å². The van der Waals surface area contributed by atoms with Gasteiger partial charge in [0, 0.05) is 24.1 Å². The Kier molecular flexibility index (Phi) is 7.63. The van der Waals surface area contributed by atoms with Crippen LogP contribution in [0, 0.1) is 0 Å². The minimum absolute atomic E-state index is 0.522. The molecule has 0 unspecified atom stereocenters. The van der Waals surface area contributed by atoms with Crippen LogP contribution in [0.15, 0.2) is 29.8 Å². The quantitative estimate of drug-likeness (QED) is 0.316. The predicted molar refractivity (Wildman–Crippen MR) is 78.8 cm³/mol. The first-order valence-electron chi connectivity index (χ1n) is 6.25. The fourth-order valence-corrected chi connectivity index (χ4v) is 2.19. The Hall–Kier alpha value is -0.900. The van der Waals surface area contributed by atoms with E-state index in [1.165, 1.54) is 0 Å². The van der Waals surface area contributed by atoms with Gasteiger partial charge in [-0.05, 0) is 19.8 Å². The lowest BCUT2D eigenvalue weighted by Crippen LogP contribution is -2.42. The summed E-state index contributed by atoms with van der Waals surface area (Å²) >= 11 is 1.86. The van der Waals surface area contributed by atoms with Crippen LogP contribution in [0.2, 0.25) is 0 Å². The summed E-state index contributed by atoms with van der Waals surface area (Å²) in [5.74, 6) is 3.00. The van der Waals surface area contributed by atoms with Gasteiger partial charge >= 0.3 is 0 Å². The van der Waals surface area contributed by atoms with Gasteiger partial charge in [0.2, 0.25) is 0 Å². The maximum atomic E-state index is 4.56. The lowest BCUT2D eigenvalue weighted by atomic mass is 10.2. The molecule has 0 saturated carbocycles. The van der Waals surface area contributed by atoms with Crippen LogP contribution in [-0.4, -0.2) is 36.6 Å². The van der Waals surface area contributed by atoms with Gasteiger partial charge in [0.15, 0.2) is 5.96 Å². The van der Waals surface area contributed by atoms with Crippen LogP contribution < -0.4 is 10.6 Å². The number of aliphatic imine (C=N–C) groups is 1. The zero-order valence-corrected chi connectivity index (χ0v) is 11.4. The zero-order chi connectivity index (χ0) is 12.3. The normalized spacial score (nSPS) is 16.2. The molecule has 2 N–H and O–H groups in total. The Balaban J connectivity index is 2.24. The summed E-state index contributed by atoms with van der Waals surface area (Å²) in [6, 6.07) is 0.522. The number of nitrogens with zero attached hydrogens (tertiary/aromatic N) is 1. The molecule has 0 aromatic rings. The van der Waals surface area contributed by atoms with Crippen molar-refractivity contribution in [2.24, 2.45) is 4.99 Å². The molecule has 0 bridgehead atoms. The number of rotatable bonds is 7. The topological polar surface area (TPSA) is 36.4 Å². The monoisotopic (exact) mass is 253 g/mol. The Morgan fingerprint density at radius 3 is 2.94 bits per heavy atom. The fourth-order valence-electron chi connectivity index (χ4n) is 1.64. The summed E-state index contributed by atoms with van der Waals surface area (Å²) in [7, 11) is 0. The molecule has 96 valence electrons. The van der Waals surface area contributed by atoms with E-state index in [1.807, 2.05) is 17.8 Å². The third kappa shape index (κ3) is 6.41. The lowest BCUT2D eigenvalue weighted by Gasteiger charge is -2.16. The van der Waals surface area contributed by atoms with Crippen molar-refractivity contribution in [3.05, 3.63) is 24.8 Å². The summed E-state index contributed by atoms with van der Waals surface area (Å²) < 4.78 is 0. The SMILES string of the molecule is C=CCSCCN=C(NCC)NC1CC=CC1. The van der Waals surface area contributed by atoms with Crippen LogP contribution in [0.3, 0.4) is 0 Å². The Morgan fingerprint density at radius 2 is 2.29 bits per heavy atom. The van der Waals surface area contributed by atoms with Gasteiger partial charge in [-0.15, -0.1) is 6.58 Å². The predicted octanol–water partition coefficient (Wildman–Crippen LogP) is 2.18. The molecule has 1 aliphatic rings. The molecule has 0 aromatic heterocycles. The van der Waals surface area contributed by atoms with E-state index in [9.17, 15) is 0 Å². The third-order valence-corrected chi connectivity index (χ3v) is 3.38. The van der Waals surface area contributed by atoms with E-state index >= 15 is 0 Å². The number of guanidine groups is 1. The molecule has 3 nitrogen and oxygen atoms in total. The number of thioether (sulfide) groups is 1. The van der Waals surface area contributed by atoms with Gasteiger partial charge in [0.25, 0.3) is 0 Å². The van der Waals surface area contributed by atoms with Crippen molar-refractivity contribution in [3.63, 3.8) is 0 Å². The highest BCUT2D eigenvalue weighted by Gasteiger charge is 2.10. The minimum atomic E-state index is 0.522. The fraction of sp³-hybridized carbons (Fsp3) is 0.615. The van der Waals surface area contributed by atoms with E-state index in [0.717, 1.165) is 43.4 Å². The molecule has 0 atom stereocenters. The standard InChI is InChI=1S/C13H23N3S/c1-3-10-17-11-9-15-13(14-4-2)16-12-7-5-6-8-12/h3,5-6,12H,1,4,7-11H2,2H3,(H2,14,15,16). The van der Waals surface area contributed by atoms with E-state index in [1.54, 1.807) is 0 Å². The van der Waals surface area contributed by atoms with Gasteiger partial charge in [-0.25, -0.2) is 0 Å². The molecule has 0 amide bonds. The van der Waals surface area contributed by atoms with E-state index < -0.39 is 0 Å². The zero-order valence-electron chi connectivity index (χ0n) is 10.6. The average molecular weight is 253 g/mol. The molecule has 0 spiro atoms. The first-order valence-corrected chi connectivity index (χ1v) is 7.40. The molecular weight excluding hydrogens is 230 g/mol. The van der Waals surface area contributed by atoms with Crippen molar-refractivity contribution in [2.75, 3.05) is 24.6 Å². The van der Waals surface area contributed by atoms with Gasteiger partial charge in [0.1, 0.15) is 0 Å². The first-order chi connectivity index (χ1) is 8.36. The highest BCUT2D eigenvalue weighted by atomic mass is 32.2. The van der Waals surface area contributed by atoms with Crippen LogP contribution in [-0.2, 0) is 0 Å². The van der Waals surface area contributed by atoms with Crippen LogP contribution in [0.5, 0.6) is 0 Å². The molecule has 1 aliphatic carbocycles. The van der Waals surface area contributed by atoms with Crippen molar-refractivity contribution in [1.82, 2.24) is 10.6 Å². The molecule has 17 heavy (non-hydrogen) atoms. The Labute approximate surface area is 109 Å². The smallest absolute Gasteiger partial charge is 0.191 e. The number of nitrogens with one attached hydrogen (secondary N) is 2. The maximum Gasteiger partial charge on any atom is 0.191 e. The summed E-state index contributed by atoms with van der Waals surface area (Å²) in [6.07, 6.45) is 8.59. The molecule has 0 aromatic carbocycles. The summed E-state index contributed by atoms with van der Waals surface area (Å²) in [5, 5.41) is 6.74. The highest BCUT2D eigenvalue weighted by molar-refractivity contribution is 7.99. The van der Waals surface area contributed by atoms with Crippen LogP contribution in [0.25, 0.3) is 0 Å². The molecule has 0 aliphatic heterocycles. The molecule has 4 heteroatoms.